The molecule has 3 aromatic carbocycles. The standard InChI is InChI=1S/C24H19NOS/c1-14-11-12-16(15(2)13-14)24-21-22(17-7-3-4-8-18(17)23(21)26)25-19-9-5-6-10-20(19)27-24/h3-13,24-25H,1-2H3. The highest BCUT2D eigenvalue weighted by Crippen LogP contribution is 2.52. The van der Waals surface area contributed by atoms with E-state index in [9.17, 15) is 4.79 Å². The first kappa shape index (κ1) is 16.4. The third kappa shape index (κ3) is 2.54. The molecule has 0 fully saturated rings. The molecule has 0 radical (unpaired) electrons. The summed E-state index contributed by atoms with van der Waals surface area (Å²) in [5.74, 6) is 0.137. The number of thioether (sulfide) groups is 1. The number of Topliss-reactive ketones (excluding diaryl/α,β-unsaturated/α-hetero) is 1. The Kier molecular flexibility index (Phi) is 3.73. The van der Waals surface area contributed by atoms with Crippen LogP contribution in [0.5, 0.6) is 0 Å². The Hall–Kier alpha value is -2.78. The summed E-state index contributed by atoms with van der Waals surface area (Å²) in [5, 5.41) is 3.55. The molecule has 132 valence electrons. The van der Waals surface area contributed by atoms with Gasteiger partial charge in [-0.05, 0) is 37.1 Å². The van der Waals surface area contributed by atoms with Gasteiger partial charge in [-0.25, -0.2) is 0 Å². The maximum atomic E-state index is 13.4. The van der Waals surface area contributed by atoms with Gasteiger partial charge in [-0.2, -0.15) is 0 Å². The van der Waals surface area contributed by atoms with Crippen LogP contribution in [0.25, 0.3) is 5.70 Å². The largest absolute Gasteiger partial charge is 0.354 e. The number of hydrogen-bond acceptors (Lipinski definition) is 3. The van der Waals surface area contributed by atoms with Crippen molar-refractivity contribution in [2.24, 2.45) is 0 Å². The highest BCUT2D eigenvalue weighted by molar-refractivity contribution is 8.00. The average Bonchev–Trinajstić information content (AvgIpc) is 2.84. The van der Waals surface area contributed by atoms with Crippen molar-refractivity contribution in [2.45, 2.75) is 24.0 Å². The van der Waals surface area contributed by atoms with Crippen LogP contribution in [-0.2, 0) is 0 Å². The summed E-state index contributed by atoms with van der Waals surface area (Å²) in [7, 11) is 0. The minimum Gasteiger partial charge on any atom is -0.354 e. The molecule has 0 spiro atoms. The van der Waals surface area contributed by atoms with Gasteiger partial charge in [0, 0.05) is 21.6 Å². The van der Waals surface area contributed by atoms with Gasteiger partial charge >= 0.3 is 0 Å². The molecule has 3 heteroatoms. The fourth-order valence-corrected chi connectivity index (χ4v) is 5.41. The Labute approximate surface area is 163 Å². The number of nitrogens with one attached hydrogen (secondary N) is 1. The number of anilines is 1. The molecular formula is C24H19NOS. The minimum atomic E-state index is -0.0309. The molecule has 2 aliphatic rings. The van der Waals surface area contributed by atoms with Crippen molar-refractivity contribution < 1.29 is 4.79 Å². The monoisotopic (exact) mass is 369 g/mol. The zero-order valence-corrected chi connectivity index (χ0v) is 16.1. The summed E-state index contributed by atoms with van der Waals surface area (Å²) in [6, 6.07) is 22.7. The van der Waals surface area contributed by atoms with Crippen LogP contribution in [0, 0.1) is 13.8 Å². The van der Waals surface area contributed by atoms with E-state index in [4.69, 9.17) is 0 Å². The first-order valence-electron chi connectivity index (χ1n) is 9.11. The second-order valence-corrected chi connectivity index (χ2v) is 8.29. The van der Waals surface area contributed by atoms with Gasteiger partial charge < -0.3 is 5.32 Å². The van der Waals surface area contributed by atoms with Crippen LogP contribution in [0.1, 0.15) is 37.9 Å². The lowest BCUT2D eigenvalue weighted by molar-refractivity contribution is 0.103. The van der Waals surface area contributed by atoms with Gasteiger partial charge in [0.2, 0.25) is 0 Å². The zero-order chi connectivity index (χ0) is 18.5. The maximum Gasteiger partial charge on any atom is 0.193 e. The predicted molar refractivity (Wildman–Crippen MR) is 112 cm³/mol. The number of carbonyl (C=O) groups excluding carboxylic acids is 1. The molecule has 0 saturated heterocycles. The van der Waals surface area contributed by atoms with Gasteiger partial charge in [0.25, 0.3) is 0 Å². The predicted octanol–water partition coefficient (Wildman–Crippen LogP) is 6.17. The number of ketones is 1. The van der Waals surface area contributed by atoms with Crippen molar-refractivity contribution in [3.8, 4) is 0 Å². The second-order valence-electron chi connectivity index (χ2n) is 7.14. The quantitative estimate of drug-likeness (QED) is 0.556. The Bertz CT molecular complexity index is 1130. The van der Waals surface area contributed by atoms with E-state index in [-0.39, 0.29) is 11.0 Å². The van der Waals surface area contributed by atoms with Gasteiger partial charge in [0.1, 0.15) is 0 Å². The van der Waals surface area contributed by atoms with Crippen molar-refractivity contribution in [3.63, 3.8) is 0 Å². The molecule has 0 amide bonds. The summed E-state index contributed by atoms with van der Waals surface area (Å²) in [6.07, 6.45) is 0. The summed E-state index contributed by atoms with van der Waals surface area (Å²) in [5.41, 5.74) is 8.35. The second kappa shape index (κ2) is 6.14. The molecule has 5 rings (SSSR count). The van der Waals surface area contributed by atoms with Crippen LogP contribution >= 0.6 is 11.8 Å². The summed E-state index contributed by atoms with van der Waals surface area (Å²) < 4.78 is 0. The van der Waals surface area contributed by atoms with Crippen molar-refractivity contribution in [3.05, 3.63) is 100 Å². The van der Waals surface area contributed by atoms with Crippen molar-refractivity contribution in [1.29, 1.82) is 0 Å². The summed E-state index contributed by atoms with van der Waals surface area (Å²) >= 11 is 1.76. The van der Waals surface area contributed by atoms with Gasteiger partial charge in [-0.15, -0.1) is 11.8 Å². The number of benzene rings is 3. The molecule has 1 aliphatic carbocycles. The third-order valence-corrected chi connectivity index (χ3v) is 6.65. The van der Waals surface area contributed by atoms with E-state index in [0.29, 0.717) is 0 Å². The average molecular weight is 369 g/mol. The number of aryl methyl sites for hydroxylation is 2. The van der Waals surface area contributed by atoms with Crippen LogP contribution in [0.3, 0.4) is 0 Å². The van der Waals surface area contributed by atoms with Crippen molar-refractivity contribution >= 4 is 28.9 Å². The highest BCUT2D eigenvalue weighted by Gasteiger charge is 2.38. The molecule has 2 nitrogen and oxygen atoms in total. The normalized spacial score (nSPS) is 17.7. The maximum absolute atomic E-state index is 13.4. The van der Waals surface area contributed by atoms with Crippen molar-refractivity contribution in [1.82, 2.24) is 0 Å². The number of para-hydroxylation sites is 1. The first-order chi connectivity index (χ1) is 13.1. The molecule has 0 saturated carbocycles. The van der Waals surface area contributed by atoms with Gasteiger partial charge in [0.15, 0.2) is 5.78 Å². The number of rotatable bonds is 1. The summed E-state index contributed by atoms with van der Waals surface area (Å²) in [4.78, 5) is 14.6. The van der Waals surface area contributed by atoms with Gasteiger partial charge in [-0.3, -0.25) is 4.79 Å². The summed E-state index contributed by atoms with van der Waals surface area (Å²) in [6.45, 7) is 4.25. The van der Waals surface area contributed by atoms with Gasteiger partial charge in [0.05, 0.1) is 16.6 Å². The molecule has 1 aliphatic heterocycles. The molecule has 3 aromatic rings. The molecular weight excluding hydrogens is 350 g/mol. The highest BCUT2D eigenvalue weighted by atomic mass is 32.2. The van der Waals surface area contributed by atoms with Crippen LogP contribution in [0.2, 0.25) is 0 Å². The fraction of sp³-hybridized carbons (Fsp3) is 0.125. The molecule has 1 atom stereocenters. The minimum absolute atomic E-state index is 0.0309. The lowest BCUT2D eigenvalue weighted by Crippen LogP contribution is -2.09. The Balaban J connectivity index is 1.77. The van der Waals surface area contributed by atoms with Crippen LogP contribution in [-0.4, -0.2) is 5.78 Å². The SMILES string of the molecule is Cc1ccc(C2Sc3ccccc3NC3=C2C(=O)c2ccccc23)c(C)c1. The Morgan fingerprint density at radius 3 is 2.44 bits per heavy atom. The Morgan fingerprint density at radius 2 is 1.63 bits per heavy atom. The smallest absolute Gasteiger partial charge is 0.193 e. The lowest BCUT2D eigenvalue weighted by Gasteiger charge is -2.20. The van der Waals surface area contributed by atoms with Crippen LogP contribution in [0.15, 0.2) is 77.2 Å². The zero-order valence-electron chi connectivity index (χ0n) is 15.2. The van der Waals surface area contributed by atoms with E-state index in [1.165, 1.54) is 21.6 Å². The van der Waals surface area contributed by atoms with Crippen molar-refractivity contribution in [2.75, 3.05) is 5.32 Å². The van der Waals surface area contributed by atoms with Crippen LogP contribution in [0.4, 0.5) is 5.69 Å². The number of hydrogen-bond donors (Lipinski definition) is 1. The number of carbonyl (C=O) groups is 1. The van der Waals surface area contributed by atoms with E-state index in [0.717, 1.165) is 28.1 Å². The van der Waals surface area contributed by atoms with E-state index >= 15 is 0 Å². The van der Waals surface area contributed by atoms with Gasteiger partial charge in [-0.1, -0.05) is 60.2 Å². The van der Waals surface area contributed by atoms with E-state index in [2.05, 4.69) is 55.6 Å². The lowest BCUT2D eigenvalue weighted by atomic mass is 9.96. The molecule has 0 bridgehead atoms. The Morgan fingerprint density at radius 1 is 0.889 bits per heavy atom. The van der Waals surface area contributed by atoms with E-state index < -0.39 is 0 Å². The fourth-order valence-electron chi connectivity index (χ4n) is 4.02. The van der Waals surface area contributed by atoms with E-state index in [1.54, 1.807) is 11.8 Å². The first-order valence-corrected chi connectivity index (χ1v) is 9.99. The molecule has 1 heterocycles. The van der Waals surface area contributed by atoms with E-state index in [1.807, 2.05) is 30.3 Å². The third-order valence-electron chi connectivity index (χ3n) is 5.32. The molecule has 27 heavy (non-hydrogen) atoms. The topological polar surface area (TPSA) is 29.1 Å². The molecule has 1 unspecified atom stereocenters. The van der Waals surface area contributed by atoms with Crippen LogP contribution < -0.4 is 5.32 Å². The molecule has 0 aromatic heterocycles. The number of fused-ring (bicyclic) bond motifs is 3. The molecule has 1 N–H and O–H groups in total.